The maximum atomic E-state index is 13.2. The van der Waals surface area contributed by atoms with E-state index in [0.29, 0.717) is 32.9 Å². The number of carbonyl (C=O) groups excluding carboxylic acids is 1. The number of nitrogens with two attached hydrogens (primary N) is 1. The van der Waals surface area contributed by atoms with E-state index in [-0.39, 0.29) is 17.3 Å². The molecule has 0 aliphatic carbocycles. The van der Waals surface area contributed by atoms with Crippen LogP contribution >= 0.6 is 11.6 Å². The Hall–Kier alpha value is -4.23. The second kappa shape index (κ2) is 8.13. The molecule has 32 heavy (non-hydrogen) atoms. The average molecular weight is 441 g/mol. The molecule has 0 fully saturated rings. The monoisotopic (exact) mass is 440 g/mol. The third-order valence-electron chi connectivity index (χ3n) is 4.90. The number of nitrogens with zero attached hydrogens (tertiary/aromatic N) is 4. The number of benzene rings is 3. The molecule has 156 valence electrons. The second-order valence-electron chi connectivity index (χ2n) is 7.08. The van der Waals surface area contributed by atoms with Crippen molar-refractivity contribution in [2.75, 3.05) is 11.1 Å². The Morgan fingerprint density at radius 3 is 2.44 bits per heavy atom. The van der Waals surface area contributed by atoms with Gasteiger partial charge in [-0.2, -0.15) is 9.78 Å². The van der Waals surface area contributed by atoms with Crippen molar-refractivity contribution in [3.05, 3.63) is 95.0 Å². The average Bonchev–Trinajstić information content (AvgIpc) is 3.07. The van der Waals surface area contributed by atoms with E-state index in [1.54, 1.807) is 30.5 Å². The van der Waals surface area contributed by atoms with E-state index in [1.165, 1.54) is 4.68 Å². The van der Waals surface area contributed by atoms with Crippen LogP contribution in [0.3, 0.4) is 0 Å². The molecule has 5 aromatic rings. The number of hydrogen-bond acceptors (Lipinski definition) is 5. The topological polar surface area (TPSA) is 98.2 Å². The van der Waals surface area contributed by atoms with Gasteiger partial charge < -0.3 is 11.1 Å². The summed E-state index contributed by atoms with van der Waals surface area (Å²) in [4.78, 5) is 22.5. The summed E-state index contributed by atoms with van der Waals surface area (Å²) < 4.78 is 1.43. The molecule has 0 spiro atoms. The van der Waals surface area contributed by atoms with Gasteiger partial charge in [-0.1, -0.05) is 54.1 Å². The molecule has 8 heteroatoms. The Morgan fingerprint density at radius 2 is 1.69 bits per heavy atom. The van der Waals surface area contributed by atoms with Crippen molar-refractivity contribution in [2.24, 2.45) is 5.10 Å². The lowest BCUT2D eigenvalue weighted by atomic mass is 10.2. The van der Waals surface area contributed by atoms with Crippen molar-refractivity contribution in [2.45, 2.75) is 0 Å². The van der Waals surface area contributed by atoms with Crippen LogP contribution in [0, 0.1) is 0 Å². The minimum absolute atomic E-state index is 0.141. The molecule has 0 saturated carbocycles. The lowest BCUT2D eigenvalue weighted by molar-refractivity contribution is 0.102. The van der Waals surface area contributed by atoms with Crippen molar-refractivity contribution >= 4 is 57.4 Å². The van der Waals surface area contributed by atoms with Gasteiger partial charge in [0, 0.05) is 10.7 Å². The SMILES string of the molecule is Nc1c(C(=O)Nc2ccccc2)c2nc3ccccc3nc2n1/N=C\c1cccc(Cl)c1. The molecular formula is C24H17ClN6O. The molecule has 0 aliphatic rings. The summed E-state index contributed by atoms with van der Waals surface area (Å²) in [5, 5.41) is 7.94. The first-order chi connectivity index (χ1) is 15.6. The van der Waals surface area contributed by atoms with Crippen molar-refractivity contribution in [3.63, 3.8) is 0 Å². The standard InChI is InChI=1S/C24H17ClN6O/c25-16-8-6-7-15(13-16)14-27-31-22(26)20(24(32)28-17-9-2-1-3-10-17)21-23(31)30-19-12-5-4-11-18(19)29-21/h1-14H,26H2,(H,28,32)/b27-14-. The van der Waals surface area contributed by atoms with E-state index in [9.17, 15) is 4.79 Å². The van der Waals surface area contributed by atoms with Crippen LogP contribution in [-0.4, -0.2) is 26.8 Å². The number of halogens is 1. The van der Waals surface area contributed by atoms with E-state index < -0.39 is 0 Å². The normalized spacial score (nSPS) is 11.4. The quantitative estimate of drug-likeness (QED) is 0.386. The number of fused-ring (bicyclic) bond motifs is 2. The number of hydrogen-bond donors (Lipinski definition) is 2. The van der Waals surface area contributed by atoms with Gasteiger partial charge in [0.25, 0.3) is 5.91 Å². The first kappa shape index (κ1) is 19.7. The first-order valence-electron chi connectivity index (χ1n) is 9.83. The van der Waals surface area contributed by atoms with E-state index in [2.05, 4.69) is 20.4 Å². The molecule has 2 aromatic heterocycles. The highest BCUT2D eigenvalue weighted by molar-refractivity contribution is 6.30. The fourth-order valence-electron chi connectivity index (χ4n) is 3.41. The van der Waals surface area contributed by atoms with Crippen LogP contribution < -0.4 is 11.1 Å². The van der Waals surface area contributed by atoms with Crippen molar-refractivity contribution in [3.8, 4) is 0 Å². The summed E-state index contributed by atoms with van der Waals surface area (Å²) in [5.74, 6) is -0.248. The van der Waals surface area contributed by atoms with Crippen LogP contribution in [0.25, 0.3) is 22.2 Å². The van der Waals surface area contributed by atoms with Crippen LogP contribution in [0.1, 0.15) is 15.9 Å². The van der Waals surface area contributed by atoms with Gasteiger partial charge in [0.05, 0.1) is 17.2 Å². The Morgan fingerprint density at radius 1 is 0.969 bits per heavy atom. The van der Waals surface area contributed by atoms with Crippen LogP contribution in [-0.2, 0) is 0 Å². The molecule has 0 radical (unpaired) electrons. The molecule has 3 N–H and O–H groups in total. The highest BCUT2D eigenvalue weighted by atomic mass is 35.5. The van der Waals surface area contributed by atoms with Gasteiger partial charge in [-0.25, -0.2) is 9.97 Å². The van der Waals surface area contributed by atoms with Crippen molar-refractivity contribution < 1.29 is 4.79 Å². The summed E-state index contributed by atoms with van der Waals surface area (Å²) in [6.45, 7) is 0. The molecule has 5 rings (SSSR count). The highest BCUT2D eigenvalue weighted by Gasteiger charge is 2.24. The molecule has 0 unspecified atom stereocenters. The minimum atomic E-state index is -0.389. The van der Waals surface area contributed by atoms with Crippen molar-refractivity contribution in [1.82, 2.24) is 14.6 Å². The fraction of sp³-hybridized carbons (Fsp3) is 0. The van der Waals surface area contributed by atoms with Crippen LogP contribution in [0.4, 0.5) is 11.5 Å². The van der Waals surface area contributed by atoms with Crippen LogP contribution in [0.2, 0.25) is 5.02 Å². The summed E-state index contributed by atoms with van der Waals surface area (Å²) in [6, 6.07) is 23.8. The molecule has 0 aliphatic heterocycles. The Labute approximate surface area is 188 Å². The van der Waals surface area contributed by atoms with E-state index in [0.717, 1.165) is 5.56 Å². The fourth-order valence-corrected chi connectivity index (χ4v) is 3.61. The van der Waals surface area contributed by atoms with Gasteiger partial charge in [0.2, 0.25) is 0 Å². The number of para-hydroxylation sites is 3. The predicted octanol–water partition coefficient (Wildman–Crippen LogP) is 4.95. The van der Waals surface area contributed by atoms with Crippen LogP contribution in [0.15, 0.2) is 84.0 Å². The Kier molecular flexibility index (Phi) is 5.01. The van der Waals surface area contributed by atoms with Crippen LogP contribution in [0.5, 0.6) is 0 Å². The summed E-state index contributed by atoms with van der Waals surface area (Å²) in [6.07, 6.45) is 1.61. The zero-order valence-corrected chi connectivity index (χ0v) is 17.5. The maximum Gasteiger partial charge on any atom is 0.261 e. The Balaban J connectivity index is 1.68. The highest BCUT2D eigenvalue weighted by Crippen LogP contribution is 2.28. The zero-order chi connectivity index (χ0) is 22.1. The van der Waals surface area contributed by atoms with E-state index in [4.69, 9.17) is 17.3 Å². The number of rotatable bonds is 4. The largest absolute Gasteiger partial charge is 0.383 e. The second-order valence-corrected chi connectivity index (χ2v) is 7.51. The van der Waals surface area contributed by atoms with Gasteiger partial charge in [0.1, 0.15) is 16.9 Å². The van der Waals surface area contributed by atoms with Gasteiger partial charge in [-0.05, 0) is 42.0 Å². The maximum absolute atomic E-state index is 13.2. The van der Waals surface area contributed by atoms with Gasteiger partial charge in [-0.15, -0.1) is 0 Å². The molecule has 7 nitrogen and oxygen atoms in total. The van der Waals surface area contributed by atoms with Gasteiger partial charge in [-0.3, -0.25) is 4.79 Å². The van der Waals surface area contributed by atoms with Gasteiger partial charge in [0.15, 0.2) is 5.65 Å². The number of nitrogens with one attached hydrogen (secondary N) is 1. The number of nitrogen functional groups attached to an aromatic ring is 1. The molecule has 0 atom stereocenters. The Bertz CT molecular complexity index is 1490. The minimum Gasteiger partial charge on any atom is -0.383 e. The van der Waals surface area contributed by atoms with Gasteiger partial charge >= 0.3 is 0 Å². The smallest absolute Gasteiger partial charge is 0.261 e. The molecule has 3 aromatic carbocycles. The third-order valence-corrected chi connectivity index (χ3v) is 5.14. The number of carbonyl (C=O) groups is 1. The molecule has 1 amide bonds. The number of amides is 1. The number of anilines is 2. The van der Waals surface area contributed by atoms with E-state index >= 15 is 0 Å². The predicted molar refractivity (Wildman–Crippen MR) is 128 cm³/mol. The molecule has 2 heterocycles. The lowest BCUT2D eigenvalue weighted by Gasteiger charge is -2.05. The molecule has 0 saturated heterocycles. The first-order valence-corrected chi connectivity index (χ1v) is 10.2. The molecule has 0 bridgehead atoms. The zero-order valence-electron chi connectivity index (χ0n) is 16.7. The summed E-state index contributed by atoms with van der Waals surface area (Å²) in [7, 11) is 0. The lowest BCUT2D eigenvalue weighted by Crippen LogP contribution is -2.14. The summed E-state index contributed by atoms with van der Waals surface area (Å²) >= 11 is 6.07. The summed E-state index contributed by atoms with van der Waals surface area (Å²) in [5.41, 5.74) is 10.1. The van der Waals surface area contributed by atoms with Crippen molar-refractivity contribution in [1.29, 1.82) is 0 Å². The third kappa shape index (κ3) is 3.66. The van der Waals surface area contributed by atoms with E-state index in [1.807, 2.05) is 54.6 Å². The number of aromatic nitrogens is 3. The molecular weight excluding hydrogens is 424 g/mol.